The molecular formula is C9H17NO3. The zero-order valence-electron chi connectivity index (χ0n) is 7.94. The van der Waals surface area contributed by atoms with Crippen molar-refractivity contribution in [1.29, 1.82) is 0 Å². The van der Waals surface area contributed by atoms with Crippen molar-refractivity contribution in [2.45, 2.75) is 25.8 Å². The highest BCUT2D eigenvalue weighted by molar-refractivity contribution is 5.66. The number of aliphatic hydroxyl groups excluding tert-OH is 1. The Morgan fingerprint density at radius 2 is 2.31 bits per heavy atom. The van der Waals surface area contributed by atoms with Crippen LogP contribution in [-0.4, -0.2) is 46.8 Å². The van der Waals surface area contributed by atoms with Crippen molar-refractivity contribution in [3.63, 3.8) is 0 Å². The molecule has 4 nitrogen and oxygen atoms in total. The van der Waals surface area contributed by atoms with Gasteiger partial charge in [-0.1, -0.05) is 6.92 Å². The lowest BCUT2D eigenvalue weighted by Gasteiger charge is -2.23. The lowest BCUT2D eigenvalue weighted by molar-refractivity contribution is -0.137. The lowest BCUT2D eigenvalue weighted by Crippen LogP contribution is -2.36. The molecule has 0 bridgehead atoms. The maximum atomic E-state index is 10.3. The Kier molecular flexibility index (Phi) is 3.69. The first-order chi connectivity index (χ1) is 6.15. The average Bonchev–Trinajstić information content (AvgIpc) is 2.42. The van der Waals surface area contributed by atoms with Crippen LogP contribution in [0, 0.1) is 5.92 Å². The first-order valence-electron chi connectivity index (χ1n) is 4.72. The summed E-state index contributed by atoms with van der Waals surface area (Å²) in [6.07, 6.45) is 1.23. The van der Waals surface area contributed by atoms with Crippen LogP contribution in [0.1, 0.15) is 19.8 Å². The van der Waals surface area contributed by atoms with E-state index in [1.165, 1.54) is 0 Å². The maximum Gasteiger partial charge on any atom is 0.304 e. The second-order valence-corrected chi connectivity index (χ2v) is 3.70. The summed E-state index contributed by atoms with van der Waals surface area (Å²) in [7, 11) is 0. The Morgan fingerprint density at radius 3 is 2.85 bits per heavy atom. The van der Waals surface area contributed by atoms with Crippen LogP contribution < -0.4 is 0 Å². The van der Waals surface area contributed by atoms with Crippen molar-refractivity contribution < 1.29 is 15.0 Å². The largest absolute Gasteiger partial charge is 0.481 e. The highest BCUT2D eigenvalue weighted by Crippen LogP contribution is 2.23. The molecule has 1 fully saturated rings. The summed E-state index contributed by atoms with van der Waals surface area (Å²) in [5.41, 5.74) is 0. The Hall–Kier alpha value is -0.610. The van der Waals surface area contributed by atoms with Crippen molar-refractivity contribution in [3.8, 4) is 0 Å². The van der Waals surface area contributed by atoms with Crippen molar-refractivity contribution in [1.82, 2.24) is 4.90 Å². The summed E-state index contributed by atoms with van der Waals surface area (Å²) in [6.45, 7) is 3.72. The molecule has 0 aromatic heterocycles. The Morgan fingerprint density at radius 1 is 1.62 bits per heavy atom. The minimum Gasteiger partial charge on any atom is -0.481 e. The molecule has 0 aliphatic carbocycles. The van der Waals surface area contributed by atoms with E-state index in [2.05, 4.69) is 11.8 Å². The van der Waals surface area contributed by atoms with Crippen molar-refractivity contribution in [3.05, 3.63) is 0 Å². The Labute approximate surface area is 78.2 Å². The predicted molar refractivity (Wildman–Crippen MR) is 48.5 cm³/mol. The lowest BCUT2D eigenvalue weighted by atomic mass is 10.0. The molecular weight excluding hydrogens is 170 g/mol. The SMILES string of the molecule is CC1CCN(CCC(=O)O)C1CO. The van der Waals surface area contributed by atoms with Gasteiger partial charge < -0.3 is 10.2 Å². The Balaban J connectivity index is 2.37. The third-order valence-electron chi connectivity index (χ3n) is 2.80. The fraction of sp³-hybridized carbons (Fsp3) is 0.889. The zero-order chi connectivity index (χ0) is 9.84. The van der Waals surface area contributed by atoms with Gasteiger partial charge in [0.15, 0.2) is 0 Å². The first kappa shape index (κ1) is 10.5. The fourth-order valence-electron chi connectivity index (χ4n) is 1.90. The third kappa shape index (κ3) is 2.67. The summed E-state index contributed by atoms with van der Waals surface area (Å²) in [5, 5.41) is 17.6. The number of hydrogen-bond acceptors (Lipinski definition) is 3. The van der Waals surface area contributed by atoms with Crippen LogP contribution in [0.5, 0.6) is 0 Å². The molecule has 0 radical (unpaired) electrons. The summed E-state index contributed by atoms with van der Waals surface area (Å²) < 4.78 is 0. The van der Waals surface area contributed by atoms with E-state index in [4.69, 9.17) is 10.2 Å². The molecule has 0 aromatic carbocycles. The van der Waals surface area contributed by atoms with E-state index >= 15 is 0 Å². The van der Waals surface area contributed by atoms with E-state index < -0.39 is 5.97 Å². The minimum absolute atomic E-state index is 0.140. The van der Waals surface area contributed by atoms with Gasteiger partial charge in [0.25, 0.3) is 0 Å². The molecule has 1 aliphatic heterocycles. The average molecular weight is 187 g/mol. The summed E-state index contributed by atoms with van der Waals surface area (Å²) in [6, 6.07) is 0.166. The summed E-state index contributed by atoms with van der Waals surface area (Å²) >= 11 is 0. The number of carboxylic acids is 1. The van der Waals surface area contributed by atoms with Crippen LogP contribution in [0.15, 0.2) is 0 Å². The van der Waals surface area contributed by atoms with Gasteiger partial charge in [0.1, 0.15) is 0 Å². The number of carbonyl (C=O) groups is 1. The van der Waals surface area contributed by atoms with E-state index in [9.17, 15) is 4.79 Å². The van der Waals surface area contributed by atoms with Gasteiger partial charge in [-0.2, -0.15) is 0 Å². The second-order valence-electron chi connectivity index (χ2n) is 3.70. The van der Waals surface area contributed by atoms with Crippen molar-refractivity contribution in [2.24, 2.45) is 5.92 Å². The molecule has 0 aromatic rings. The molecule has 2 unspecified atom stereocenters. The van der Waals surface area contributed by atoms with Crippen molar-refractivity contribution >= 4 is 5.97 Å². The molecule has 2 atom stereocenters. The molecule has 2 N–H and O–H groups in total. The highest BCUT2D eigenvalue weighted by atomic mass is 16.4. The van der Waals surface area contributed by atoms with Crippen LogP contribution >= 0.6 is 0 Å². The van der Waals surface area contributed by atoms with Crippen LogP contribution in [0.4, 0.5) is 0 Å². The molecule has 1 rings (SSSR count). The van der Waals surface area contributed by atoms with Gasteiger partial charge in [-0.15, -0.1) is 0 Å². The van der Waals surface area contributed by atoms with Gasteiger partial charge in [-0.25, -0.2) is 0 Å². The molecule has 13 heavy (non-hydrogen) atoms. The normalized spacial score (nSPS) is 29.4. The van der Waals surface area contributed by atoms with Gasteiger partial charge in [0.2, 0.25) is 0 Å². The predicted octanol–water partition coefficient (Wildman–Crippen LogP) is 0.164. The maximum absolute atomic E-state index is 10.3. The summed E-state index contributed by atoms with van der Waals surface area (Å²) in [5.74, 6) is -0.282. The minimum atomic E-state index is -0.767. The first-order valence-corrected chi connectivity index (χ1v) is 4.72. The van der Waals surface area contributed by atoms with Crippen LogP contribution in [0.25, 0.3) is 0 Å². The second kappa shape index (κ2) is 4.58. The van der Waals surface area contributed by atoms with Gasteiger partial charge in [0.05, 0.1) is 13.0 Å². The molecule has 76 valence electrons. The highest BCUT2D eigenvalue weighted by Gasteiger charge is 2.30. The number of aliphatic carboxylic acids is 1. The molecule has 1 aliphatic rings. The topological polar surface area (TPSA) is 60.8 Å². The molecule has 4 heteroatoms. The number of rotatable bonds is 4. The number of likely N-dealkylation sites (tertiary alicyclic amines) is 1. The van der Waals surface area contributed by atoms with E-state index in [0.29, 0.717) is 12.5 Å². The van der Waals surface area contributed by atoms with E-state index in [-0.39, 0.29) is 19.1 Å². The van der Waals surface area contributed by atoms with Crippen molar-refractivity contribution in [2.75, 3.05) is 19.7 Å². The fourth-order valence-corrected chi connectivity index (χ4v) is 1.90. The van der Waals surface area contributed by atoms with E-state index in [0.717, 1.165) is 13.0 Å². The van der Waals surface area contributed by atoms with Crippen LogP contribution in [0.2, 0.25) is 0 Å². The van der Waals surface area contributed by atoms with Gasteiger partial charge in [-0.05, 0) is 18.9 Å². The van der Waals surface area contributed by atoms with Gasteiger partial charge >= 0.3 is 5.97 Å². The number of aliphatic hydroxyl groups is 1. The number of hydrogen-bond donors (Lipinski definition) is 2. The van der Waals surface area contributed by atoms with Crippen LogP contribution in [-0.2, 0) is 4.79 Å². The number of carboxylic acid groups (broad SMARTS) is 1. The smallest absolute Gasteiger partial charge is 0.304 e. The quantitative estimate of drug-likeness (QED) is 0.658. The van der Waals surface area contributed by atoms with Crippen LogP contribution in [0.3, 0.4) is 0 Å². The molecule has 0 amide bonds. The molecule has 1 saturated heterocycles. The van der Waals surface area contributed by atoms with Gasteiger partial charge in [0, 0.05) is 12.6 Å². The molecule has 1 heterocycles. The molecule has 0 spiro atoms. The van der Waals surface area contributed by atoms with E-state index in [1.807, 2.05) is 0 Å². The Bertz CT molecular complexity index is 184. The molecule has 0 saturated carbocycles. The zero-order valence-corrected chi connectivity index (χ0v) is 7.94. The van der Waals surface area contributed by atoms with E-state index in [1.54, 1.807) is 0 Å². The standard InChI is InChI=1S/C9H17NO3/c1-7-2-4-10(8(7)6-11)5-3-9(12)13/h7-8,11H,2-6H2,1H3,(H,12,13). The third-order valence-corrected chi connectivity index (χ3v) is 2.80. The summed E-state index contributed by atoms with van der Waals surface area (Å²) in [4.78, 5) is 12.4. The number of nitrogens with zero attached hydrogens (tertiary/aromatic N) is 1. The van der Waals surface area contributed by atoms with Gasteiger partial charge in [-0.3, -0.25) is 9.69 Å². The monoisotopic (exact) mass is 187 g/mol.